The average molecular weight is 270 g/mol. The first kappa shape index (κ1) is 14.7. The fourth-order valence-corrected chi connectivity index (χ4v) is 1.67. The zero-order valence-electron chi connectivity index (χ0n) is 9.97. The molecular formula is C10H14F4N2O2. The molecule has 0 aliphatic carbocycles. The number of carbonyl (C=O) groups is 2. The third-order valence-electron chi connectivity index (χ3n) is 2.60. The predicted molar refractivity (Wildman–Crippen MR) is 54.4 cm³/mol. The topological polar surface area (TPSA) is 49.4 Å². The van der Waals surface area contributed by atoms with Gasteiger partial charge in [0.2, 0.25) is 11.8 Å². The summed E-state index contributed by atoms with van der Waals surface area (Å²) < 4.78 is 50.1. The highest BCUT2D eigenvalue weighted by Crippen LogP contribution is 2.26. The molecule has 0 aromatic carbocycles. The van der Waals surface area contributed by atoms with Crippen LogP contribution in [0.2, 0.25) is 0 Å². The number of alkyl halides is 4. The molecule has 4 nitrogen and oxygen atoms in total. The molecule has 1 heterocycles. The lowest BCUT2D eigenvalue weighted by Crippen LogP contribution is -2.55. The standard InChI is InChI=1S/C10H14F4N2O2/c1-9(2)8(18)16(4-3-6(17)15-9)5-10(13,14)7(11)12/h7H,3-5H2,1-2H3,(H,15,17). The zero-order chi connectivity index (χ0) is 14.1. The van der Waals surface area contributed by atoms with Crippen molar-refractivity contribution in [2.75, 3.05) is 13.1 Å². The van der Waals surface area contributed by atoms with E-state index in [-0.39, 0.29) is 13.0 Å². The first-order chi connectivity index (χ1) is 8.06. The van der Waals surface area contributed by atoms with E-state index in [2.05, 4.69) is 5.32 Å². The zero-order valence-corrected chi connectivity index (χ0v) is 9.97. The van der Waals surface area contributed by atoms with Gasteiger partial charge in [-0.25, -0.2) is 8.78 Å². The van der Waals surface area contributed by atoms with Crippen molar-refractivity contribution in [2.45, 2.75) is 38.2 Å². The molecule has 0 radical (unpaired) electrons. The smallest absolute Gasteiger partial charge is 0.324 e. The third-order valence-corrected chi connectivity index (χ3v) is 2.60. The van der Waals surface area contributed by atoms with Gasteiger partial charge in [-0.15, -0.1) is 0 Å². The molecule has 1 saturated heterocycles. The molecule has 1 fully saturated rings. The van der Waals surface area contributed by atoms with Crippen molar-refractivity contribution in [3.63, 3.8) is 0 Å². The quantitative estimate of drug-likeness (QED) is 0.778. The summed E-state index contributed by atoms with van der Waals surface area (Å²) >= 11 is 0. The Hall–Kier alpha value is -1.34. The van der Waals surface area contributed by atoms with Crippen molar-refractivity contribution in [3.05, 3.63) is 0 Å². The van der Waals surface area contributed by atoms with Crippen molar-refractivity contribution >= 4 is 11.8 Å². The molecule has 0 unspecified atom stereocenters. The minimum Gasteiger partial charge on any atom is -0.342 e. The van der Waals surface area contributed by atoms with E-state index >= 15 is 0 Å². The van der Waals surface area contributed by atoms with Gasteiger partial charge in [0.1, 0.15) is 5.54 Å². The molecule has 1 N–H and O–H groups in total. The van der Waals surface area contributed by atoms with Gasteiger partial charge in [-0.1, -0.05) is 0 Å². The van der Waals surface area contributed by atoms with Gasteiger partial charge in [0.25, 0.3) is 0 Å². The molecule has 1 rings (SSSR count). The number of hydrogen-bond acceptors (Lipinski definition) is 2. The van der Waals surface area contributed by atoms with E-state index in [0.29, 0.717) is 4.90 Å². The van der Waals surface area contributed by atoms with Gasteiger partial charge in [-0.3, -0.25) is 9.59 Å². The fourth-order valence-electron chi connectivity index (χ4n) is 1.67. The highest BCUT2D eigenvalue weighted by Gasteiger charge is 2.46. The second kappa shape index (κ2) is 4.74. The van der Waals surface area contributed by atoms with Crippen LogP contribution in [0.1, 0.15) is 20.3 Å². The maximum Gasteiger partial charge on any atom is 0.324 e. The monoisotopic (exact) mass is 270 g/mol. The van der Waals surface area contributed by atoms with Crippen LogP contribution in [0.3, 0.4) is 0 Å². The van der Waals surface area contributed by atoms with Crippen LogP contribution in [0.5, 0.6) is 0 Å². The Kier molecular flexibility index (Phi) is 3.87. The van der Waals surface area contributed by atoms with Gasteiger partial charge in [0, 0.05) is 13.0 Å². The van der Waals surface area contributed by atoms with Crippen LogP contribution in [0.15, 0.2) is 0 Å². The molecule has 2 amide bonds. The minimum absolute atomic E-state index is 0.186. The Bertz CT molecular complexity index is 358. The Balaban J connectivity index is 2.88. The normalized spacial score (nSPS) is 20.9. The van der Waals surface area contributed by atoms with Crippen LogP contribution in [-0.2, 0) is 9.59 Å². The lowest BCUT2D eigenvalue weighted by atomic mass is 10.0. The molecule has 0 spiro atoms. The summed E-state index contributed by atoms with van der Waals surface area (Å²) in [5.74, 6) is -5.55. The fraction of sp³-hybridized carbons (Fsp3) is 0.800. The van der Waals surface area contributed by atoms with Crippen LogP contribution >= 0.6 is 0 Å². The number of nitrogens with zero attached hydrogens (tertiary/aromatic N) is 1. The lowest BCUT2D eigenvalue weighted by molar-refractivity contribution is -0.159. The Morgan fingerprint density at radius 2 is 1.94 bits per heavy atom. The van der Waals surface area contributed by atoms with Gasteiger partial charge in [0.05, 0.1) is 6.54 Å². The second-order valence-electron chi connectivity index (χ2n) is 4.71. The number of halogens is 4. The molecule has 0 saturated carbocycles. The highest BCUT2D eigenvalue weighted by atomic mass is 19.3. The highest BCUT2D eigenvalue weighted by molar-refractivity contribution is 5.92. The van der Waals surface area contributed by atoms with Crippen molar-refractivity contribution in [1.29, 1.82) is 0 Å². The molecule has 18 heavy (non-hydrogen) atoms. The summed E-state index contributed by atoms with van der Waals surface area (Å²) in [6.45, 7) is 0.996. The van der Waals surface area contributed by atoms with Crippen molar-refractivity contribution < 1.29 is 27.2 Å². The number of nitrogens with one attached hydrogen (secondary N) is 1. The van der Waals surface area contributed by atoms with E-state index in [1.165, 1.54) is 13.8 Å². The van der Waals surface area contributed by atoms with Gasteiger partial charge in [-0.2, -0.15) is 8.78 Å². The Morgan fingerprint density at radius 3 is 2.44 bits per heavy atom. The summed E-state index contributed by atoms with van der Waals surface area (Å²) in [6.07, 6.45) is -4.03. The summed E-state index contributed by atoms with van der Waals surface area (Å²) in [7, 11) is 0. The van der Waals surface area contributed by atoms with Gasteiger partial charge < -0.3 is 10.2 Å². The molecule has 0 atom stereocenters. The molecule has 0 aromatic heterocycles. The van der Waals surface area contributed by atoms with Gasteiger partial charge >= 0.3 is 12.3 Å². The molecule has 104 valence electrons. The maximum atomic E-state index is 12.9. The molecule has 0 aromatic rings. The number of amides is 2. The van der Waals surface area contributed by atoms with E-state index < -0.39 is 36.2 Å². The van der Waals surface area contributed by atoms with Crippen LogP contribution in [-0.4, -0.2) is 47.7 Å². The summed E-state index contributed by atoms with van der Waals surface area (Å²) in [4.78, 5) is 23.7. The maximum absolute atomic E-state index is 12.9. The number of carbonyl (C=O) groups excluding carboxylic acids is 2. The SMILES string of the molecule is CC1(C)NC(=O)CCN(CC(F)(F)C(F)F)C1=O. The lowest BCUT2D eigenvalue weighted by Gasteiger charge is -2.31. The van der Waals surface area contributed by atoms with Crippen LogP contribution in [0, 0.1) is 0 Å². The van der Waals surface area contributed by atoms with Crippen molar-refractivity contribution in [1.82, 2.24) is 10.2 Å². The minimum atomic E-state index is -4.28. The molecule has 1 aliphatic heterocycles. The Labute approximate surface area is 101 Å². The Morgan fingerprint density at radius 1 is 1.39 bits per heavy atom. The van der Waals surface area contributed by atoms with E-state index in [4.69, 9.17) is 0 Å². The molecule has 8 heteroatoms. The first-order valence-corrected chi connectivity index (χ1v) is 5.32. The van der Waals surface area contributed by atoms with Crippen molar-refractivity contribution in [2.24, 2.45) is 0 Å². The van der Waals surface area contributed by atoms with E-state index in [9.17, 15) is 27.2 Å². The van der Waals surface area contributed by atoms with E-state index in [1.54, 1.807) is 0 Å². The molecular weight excluding hydrogens is 256 g/mol. The van der Waals surface area contributed by atoms with Crippen LogP contribution in [0.25, 0.3) is 0 Å². The average Bonchev–Trinajstić information content (AvgIpc) is 2.29. The predicted octanol–water partition coefficient (Wildman–Crippen LogP) is 1.01. The largest absolute Gasteiger partial charge is 0.342 e. The van der Waals surface area contributed by atoms with Crippen LogP contribution < -0.4 is 5.32 Å². The van der Waals surface area contributed by atoms with E-state index in [1.807, 2.05) is 0 Å². The van der Waals surface area contributed by atoms with Gasteiger partial charge in [0.15, 0.2) is 0 Å². The summed E-state index contributed by atoms with van der Waals surface area (Å²) in [6, 6.07) is 0. The summed E-state index contributed by atoms with van der Waals surface area (Å²) in [5, 5.41) is 2.35. The number of rotatable bonds is 3. The molecule has 0 bridgehead atoms. The number of hydrogen-bond donors (Lipinski definition) is 1. The third kappa shape index (κ3) is 3.11. The first-order valence-electron chi connectivity index (χ1n) is 5.32. The summed E-state index contributed by atoms with van der Waals surface area (Å²) in [5.41, 5.74) is -1.37. The van der Waals surface area contributed by atoms with Gasteiger partial charge in [-0.05, 0) is 13.8 Å². The second-order valence-corrected chi connectivity index (χ2v) is 4.71. The van der Waals surface area contributed by atoms with Crippen LogP contribution in [0.4, 0.5) is 17.6 Å². The van der Waals surface area contributed by atoms with Crippen molar-refractivity contribution in [3.8, 4) is 0 Å². The van der Waals surface area contributed by atoms with E-state index in [0.717, 1.165) is 0 Å². The molecule has 1 aliphatic rings.